The van der Waals surface area contributed by atoms with E-state index in [0.717, 1.165) is 41.3 Å². The van der Waals surface area contributed by atoms with Gasteiger partial charge in [0, 0.05) is 30.6 Å². The molecule has 0 aliphatic carbocycles. The Morgan fingerprint density at radius 2 is 1.74 bits per heavy atom. The lowest BCUT2D eigenvalue weighted by molar-refractivity contribution is -0.112. The molecule has 180 valence electrons. The van der Waals surface area contributed by atoms with Gasteiger partial charge >= 0.3 is 0 Å². The van der Waals surface area contributed by atoms with Gasteiger partial charge in [0.15, 0.2) is 5.78 Å². The highest BCUT2D eigenvalue weighted by atomic mass is 35.5. The number of carbonyl (C=O) groups excluding carboxylic acids is 1. The molecule has 3 aromatic carbocycles. The minimum absolute atomic E-state index is 0.131. The highest BCUT2D eigenvalue weighted by Gasteiger charge is 2.36. The molecule has 0 aromatic heterocycles. The molecule has 0 bridgehead atoms. The third-order valence-electron chi connectivity index (χ3n) is 7.47. The van der Waals surface area contributed by atoms with Crippen LogP contribution in [0.3, 0.4) is 0 Å². The first-order valence-electron chi connectivity index (χ1n) is 12.5. The first-order valence-corrected chi connectivity index (χ1v) is 12.8. The Labute approximate surface area is 212 Å². The first-order chi connectivity index (χ1) is 16.9. The van der Waals surface area contributed by atoms with E-state index in [1.165, 1.54) is 11.1 Å². The van der Waals surface area contributed by atoms with E-state index >= 15 is 0 Å². The van der Waals surface area contributed by atoms with Gasteiger partial charge in [0.05, 0.1) is 17.0 Å². The van der Waals surface area contributed by atoms with E-state index in [1.54, 1.807) is 0 Å². The molecule has 2 aliphatic heterocycles. The fraction of sp³-hybridized carbons (Fsp3) is 0.333. The van der Waals surface area contributed by atoms with Crippen LogP contribution in [0.25, 0.3) is 0 Å². The Balaban J connectivity index is 1.40. The summed E-state index contributed by atoms with van der Waals surface area (Å²) >= 11 is 6.20. The number of rotatable bonds is 6. The van der Waals surface area contributed by atoms with Crippen molar-refractivity contribution in [1.82, 2.24) is 4.90 Å². The number of carbonyl (C=O) groups is 1. The molecule has 1 saturated heterocycles. The standard InChI is InChI=1S/C30H31ClN2O2/c1-2-26-29(34)20-23-9-8-21(18-27(23)32-26)19-28(22-10-12-25(31)13-11-22)33-16-14-30(35,15-17-33)24-6-4-3-5-7-24/h3-13,18,28,35H,2,14-17,19-20H2,1H3. The molecule has 5 rings (SSSR count). The maximum absolute atomic E-state index is 12.3. The SMILES string of the molecule is CCC1=Nc2cc(CC(c3ccc(Cl)cc3)N3CCC(O)(c4ccccc4)CC3)ccc2CC1=O. The van der Waals surface area contributed by atoms with Crippen molar-refractivity contribution < 1.29 is 9.90 Å². The van der Waals surface area contributed by atoms with Crippen molar-refractivity contribution in [3.8, 4) is 0 Å². The van der Waals surface area contributed by atoms with E-state index in [4.69, 9.17) is 11.6 Å². The molecule has 1 atom stereocenters. The number of hydrogen-bond donors (Lipinski definition) is 1. The number of likely N-dealkylation sites (tertiary alicyclic amines) is 1. The fourth-order valence-electron chi connectivity index (χ4n) is 5.36. The van der Waals surface area contributed by atoms with Crippen LogP contribution in [0.5, 0.6) is 0 Å². The van der Waals surface area contributed by atoms with Crippen LogP contribution in [0.15, 0.2) is 77.8 Å². The quantitative estimate of drug-likeness (QED) is 0.450. The van der Waals surface area contributed by atoms with Gasteiger partial charge in [0.2, 0.25) is 0 Å². The van der Waals surface area contributed by atoms with Crippen LogP contribution < -0.4 is 0 Å². The maximum Gasteiger partial charge on any atom is 0.181 e. The number of piperidine rings is 1. The van der Waals surface area contributed by atoms with Gasteiger partial charge in [-0.25, -0.2) is 4.99 Å². The van der Waals surface area contributed by atoms with Crippen molar-refractivity contribution >= 4 is 28.8 Å². The molecule has 0 saturated carbocycles. The summed E-state index contributed by atoms with van der Waals surface area (Å²) in [5.74, 6) is 0.131. The molecule has 4 nitrogen and oxygen atoms in total. The molecule has 0 spiro atoms. The normalized spacial score (nSPS) is 18.6. The van der Waals surface area contributed by atoms with Crippen molar-refractivity contribution in [2.75, 3.05) is 13.1 Å². The van der Waals surface area contributed by atoms with Crippen LogP contribution in [0.2, 0.25) is 5.02 Å². The summed E-state index contributed by atoms with van der Waals surface area (Å²) in [7, 11) is 0. The summed E-state index contributed by atoms with van der Waals surface area (Å²) in [5.41, 5.74) is 5.21. The monoisotopic (exact) mass is 486 g/mol. The summed E-state index contributed by atoms with van der Waals surface area (Å²) in [6.45, 7) is 3.58. The number of aliphatic imine (C=N–C) groups is 1. The summed E-state index contributed by atoms with van der Waals surface area (Å²) in [6.07, 6.45) is 3.31. The van der Waals surface area contributed by atoms with Gasteiger partial charge in [-0.05, 0) is 66.1 Å². The Hall–Kier alpha value is -2.79. The predicted octanol–water partition coefficient (Wildman–Crippen LogP) is 6.22. The number of fused-ring (bicyclic) bond motifs is 1. The van der Waals surface area contributed by atoms with Crippen LogP contribution >= 0.6 is 11.6 Å². The van der Waals surface area contributed by atoms with E-state index < -0.39 is 5.60 Å². The molecule has 5 heteroatoms. The van der Waals surface area contributed by atoms with E-state index in [0.29, 0.717) is 31.4 Å². The summed E-state index contributed by atoms with van der Waals surface area (Å²) < 4.78 is 0. The summed E-state index contributed by atoms with van der Waals surface area (Å²) in [6, 6.07) is 24.6. The third-order valence-corrected chi connectivity index (χ3v) is 7.73. The van der Waals surface area contributed by atoms with Crippen molar-refractivity contribution in [1.29, 1.82) is 0 Å². The highest BCUT2D eigenvalue weighted by molar-refractivity contribution is 6.41. The van der Waals surface area contributed by atoms with Gasteiger partial charge < -0.3 is 5.11 Å². The number of hydrogen-bond acceptors (Lipinski definition) is 4. The predicted molar refractivity (Wildman–Crippen MR) is 142 cm³/mol. The average molecular weight is 487 g/mol. The van der Waals surface area contributed by atoms with E-state index in [2.05, 4.69) is 40.2 Å². The van der Waals surface area contributed by atoms with Gasteiger partial charge in [0.25, 0.3) is 0 Å². The van der Waals surface area contributed by atoms with Crippen molar-refractivity contribution in [2.45, 2.75) is 50.7 Å². The number of benzene rings is 3. The van der Waals surface area contributed by atoms with E-state index in [1.807, 2.05) is 49.4 Å². The Morgan fingerprint density at radius 3 is 2.43 bits per heavy atom. The van der Waals surface area contributed by atoms with Crippen molar-refractivity contribution in [3.63, 3.8) is 0 Å². The zero-order chi connectivity index (χ0) is 24.4. The molecule has 2 heterocycles. The molecule has 2 aliphatic rings. The lowest BCUT2D eigenvalue weighted by atomic mass is 9.83. The van der Waals surface area contributed by atoms with Gasteiger partial charge in [-0.1, -0.05) is 73.1 Å². The number of aliphatic hydroxyl groups is 1. The Morgan fingerprint density at radius 1 is 1.03 bits per heavy atom. The zero-order valence-corrected chi connectivity index (χ0v) is 20.8. The molecule has 1 fully saturated rings. The maximum atomic E-state index is 12.3. The molecular formula is C30H31ClN2O2. The van der Waals surface area contributed by atoms with Crippen LogP contribution in [0, 0.1) is 0 Å². The van der Waals surface area contributed by atoms with Crippen LogP contribution in [-0.2, 0) is 23.2 Å². The largest absolute Gasteiger partial charge is 0.385 e. The lowest BCUT2D eigenvalue weighted by Gasteiger charge is -2.42. The van der Waals surface area contributed by atoms with Crippen molar-refractivity contribution in [2.24, 2.45) is 4.99 Å². The van der Waals surface area contributed by atoms with Gasteiger partial charge in [-0.3, -0.25) is 9.69 Å². The topological polar surface area (TPSA) is 52.9 Å². The number of nitrogens with zero attached hydrogens (tertiary/aromatic N) is 2. The average Bonchev–Trinajstić information content (AvgIpc) is 2.89. The molecular weight excluding hydrogens is 456 g/mol. The Bertz CT molecular complexity index is 1230. The minimum atomic E-state index is -0.786. The molecule has 1 unspecified atom stereocenters. The lowest BCUT2D eigenvalue weighted by Crippen LogP contribution is -2.44. The highest BCUT2D eigenvalue weighted by Crippen LogP contribution is 2.38. The van der Waals surface area contributed by atoms with Gasteiger partial charge in [0.1, 0.15) is 0 Å². The second kappa shape index (κ2) is 10.1. The Kier molecular flexibility index (Phi) is 6.88. The van der Waals surface area contributed by atoms with E-state index in [-0.39, 0.29) is 11.8 Å². The molecule has 0 radical (unpaired) electrons. The number of ketones is 1. The minimum Gasteiger partial charge on any atom is -0.385 e. The summed E-state index contributed by atoms with van der Waals surface area (Å²) in [5, 5.41) is 12.1. The molecule has 3 aromatic rings. The van der Waals surface area contributed by atoms with Crippen LogP contribution in [0.1, 0.15) is 54.5 Å². The smallest absolute Gasteiger partial charge is 0.181 e. The van der Waals surface area contributed by atoms with Crippen LogP contribution in [-0.4, -0.2) is 34.6 Å². The molecule has 35 heavy (non-hydrogen) atoms. The summed E-state index contributed by atoms with van der Waals surface area (Å²) in [4.78, 5) is 19.4. The first kappa shape index (κ1) is 23.9. The van der Waals surface area contributed by atoms with Crippen molar-refractivity contribution in [3.05, 3.63) is 100 Å². The fourth-order valence-corrected chi connectivity index (χ4v) is 5.48. The van der Waals surface area contributed by atoms with Gasteiger partial charge in [-0.15, -0.1) is 0 Å². The number of halogens is 1. The zero-order valence-electron chi connectivity index (χ0n) is 20.1. The second-order valence-electron chi connectivity index (χ2n) is 9.68. The number of Topliss-reactive ketones (excluding diaryl/α,β-unsaturated/α-hetero) is 1. The second-order valence-corrected chi connectivity index (χ2v) is 10.1. The molecule has 1 N–H and O–H groups in total. The van der Waals surface area contributed by atoms with Gasteiger partial charge in [-0.2, -0.15) is 0 Å². The van der Waals surface area contributed by atoms with E-state index in [9.17, 15) is 9.90 Å². The third kappa shape index (κ3) is 5.11. The van der Waals surface area contributed by atoms with Crippen LogP contribution in [0.4, 0.5) is 5.69 Å². The molecule has 0 amide bonds.